The van der Waals surface area contributed by atoms with Crippen LogP contribution in [-0.4, -0.2) is 74.3 Å². The van der Waals surface area contributed by atoms with Gasteiger partial charge in [0.1, 0.15) is 19.3 Å². The van der Waals surface area contributed by atoms with E-state index in [4.69, 9.17) is 13.8 Å². The molecule has 10 heteroatoms. The van der Waals surface area contributed by atoms with Crippen molar-refractivity contribution in [3.8, 4) is 0 Å². The van der Waals surface area contributed by atoms with Gasteiger partial charge in [-0.15, -0.1) is 0 Å². The number of rotatable bonds is 54. The Balaban J connectivity index is 5.17. The molecule has 0 radical (unpaired) electrons. The van der Waals surface area contributed by atoms with Crippen molar-refractivity contribution in [1.29, 1.82) is 0 Å². The van der Waals surface area contributed by atoms with E-state index in [1.165, 1.54) is 77.0 Å². The van der Waals surface area contributed by atoms with Gasteiger partial charge in [0.15, 0.2) is 0 Å². The largest absolute Gasteiger partial charge is 0.472 e. The van der Waals surface area contributed by atoms with E-state index < -0.39 is 20.0 Å². The van der Waals surface area contributed by atoms with Crippen molar-refractivity contribution in [3.05, 3.63) is 109 Å². The monoisotopic (exact) mass is 1080 g/mol. The van der Waals surface area contributed by atoms with Gasteiger partial charge in [-0.1, -0.05) is 233 Å². The molecule has 0 aromatic rings. The molecule has 0 aromatic heterocycles. The molecule has 1 amide bonds. The number of hydrogen-bond donors (Lipinski definition) is 2. The summed E-state index contributed by atoms with van der Waals surface area (Å²) >= 11 is 0. The maximum atomic E-state index is 13.5. The number of carbonyl (C=O) groups excluding carboxylic acids is 2. The third kappa shape index (κ3) is 55.4. The van der Waals surface area contributed by atoms with Gasteiger partial charge in [-0.3, -0.25) is 18.6 Å². The second-order valence-corrected chi connectivity index (χ2v) is 22.9. The molecule has 0 saturated heterocycles. The van der Waals surface area contributed by atoms with Gasteiger partial charge in [-0.25, -0.2) is 4.57 Å². The molecular weight excluding hydrogens is 964 g/mol. The fraction of sp³-hybridized carbons (Fsp3) is 0.697. The molecule has 0 rings (SSSR count). The van der Waals surface area contributed by atoms with Crippen molar-refractivity contribution in [3.63, 3.8) is 0 Å². The molecule has 3 atom stereocenters. The summed E-state index contributed by atoms with van der Waals surface area (Å²) in [4.78, 5) is 37.6. The number of unbranched alkanes of at least 4 members (excludes halogenated alkanes) is 22. The zero-order chi connectivity index (χ0) is 55.7. The first kappa shape index (κ1) is 72.7. The lowest BCUT2D eigenvalue weighted by Crippen LogP contribution is -2.47. The number of ether oxygens (including phenoxy) is 1. The van der Waals surface area contributed by atoms with Crippen LogP contribution in [0.5, 0.6) is 0 Å². The summed E-state index contributed by atoms with van der Waals surface area (Å²) in [5, 5.41) is 3.04. The van der Waals surface area contributed by atoms with Crippen molar-refractivity contribution in [2.24, 2.45) is 0 Å². The number of nitrogens with one attached hydrogen (secondary N) is 1. The predicted molar refractivity (Wildman–Crippen MR) is 327 cm³/mol. The zero-order valence-corrected chi connectivity index (χ0v) is 50.6. The molecule has 0 aliphatic heterocycles. The molecule has 0 aliphatic carbocycles. The van der Waals surface area contributed by atoms with Gasteiger partial charge in [0.2, 0.25) is 5.91 Å². The Morgan fingerprint density at radius 1 is 0.474 bits per heavy atom. The molecule has 0 heterocycles. The molecular formula is C66H116N2O7P+. The molecule has 2 N–H and O–H groups in total. The number of likely N-dealkylation sites (N-methyl/N-ethyl adjacent to an activating group) is 1. The van der Waals surface area contributed by atoms with E-state index in [-0.39, 0.29) is 31.5 Å². The molecule has 76 heavy (non-hydrogen) atoms. The quantitative estimate of drug-likeness (QED) is 0.0205. The number of phosphoric ester groups is 1. The van der Waals surface area contributed by atoms with Crippen LogP contribution in [0.4, 0.5) is 0 Å². The Bertz CT molecular complexity index is 1670. The highest BCUT2D eigenvalue weighted by molar-refractivity contribution is 7.47. The van der Waals surface area contributed by atoms with Gasteiger partial charge in [-0.05, 0) is 109 Å². The summed E-state index contributed by atoms with van der Waals surface area (Å²) in [7, 11) is 1.46. The Labute approximate surface area is 468 Å². The highest BCUT2D eigenvalue weighted by Gasteiger charge is 2.30. The average molecular weight is 1080 g/mol. The van der Waals surface area contributed by atoms with Crippen LogP contribution in [0.15, 0.2) is 109 Å². The van der Waals surface area contributed by atoms with Crippen LogP contribution >= 0.6 is 7.82 Å². The number of nitrogens with zero attached hydrogens (tertiary/aromatic N) is 1. The number of quaternary nitrogens is 1. The topological polar surface area (TPSA) is 111 Å². The Hall–Kier alpha value is -3.33. The van der Waals surface area contributed by atoms with Crippen molar-refractivity contribution in [1.82, 2.24) is 5.32 Å². The van der Waals surface area contributed by atoms with E-state index in [1.807, 2.05) is 33.3 Å². The summed E-state index contributed by atoms with van der Waals surface area (Å²) in [6.07, 6.45) is 75.2. The second kappa shape index (κ2) is 55.0. The molecule has 3 unspecified atom stereocenters. The number of phosphoric acid groups is 1. The zero-order valence-electron chi connectivity index (χ0n) is 49.7. The number of hydrogen-bond acceptors (Lipinski definition) is 6. The van der Waals surface area contributed by atoms with Crippen molar-refractivity contribution in [2.45, 2.75) is 258 Å². The third-order valence-corrected chi connectivity index (χ3v) is 13.9. The SMILES string of the molecule is CC/C=C\C/C=C\C/C=C\C/C=C\C/C=C\CCCCCCCCCCCC(=O)NC(COP(=O)(O)OCC[N+](C)(C)C)C(/C=C\CCCCCCCCCCC)OC(=O)CCCCCC/C=C/C/C=C/C/C=C/CC. The number of amides is 1. The first-order valence-electron chi connectivity index (χ1n) is 30.7. The normalized spacial score (nSPS) is 14.5. The lowest BCUT2D eigenvalue weighted by Gasteiger charge is -2.27. The van der Waals surface area contributed by atoms with Crippen LogP contribution in [-0.2, 0) is 27.9 Å². The summed E-state index contributed by atoms with van der Waals surface area (Å²) in [6.45, 7) is 6.75. The second-order valence-electron chi connectivity index (χ2n) is 21.5. The highest BCUT2D eigenvalue weighted by atomic mass is 31.2. The Kier molecular flexibility index (Phi) is 52.6. The Morgan fingerprint density at radius 3 is 1.26 bits per heavy atom. The molecule has 0 fully saturated rings. The molecule has 0 spiro atoms. The van der Waals surface area contributed by atoms with Gasteiger partial charge >= 0.3 is 13.8 Å². The predicted octanol–water partition coefficient (Wildman–Crippen LogP) is 18.9. The van der Waals surface area contributed by atoms with Crippen LogP contribution in [0.1, 0.15) is 245 Å². The maximum absolute atomic E-state index is 13.5. The van der Waals surface area contributed by atoms with Crippen molar-refractivity contribution < 1.29 is 37.3 Å². The van der Waals surface area contributed by atoms with Crippen LogP contribution in [0, 0.1) is 0 Å². The summed E-state index contributed by atoms with van der Waals surface area (Å²) < 4.78 is 30.6. The van der Waals surface area contributed by atoms with E-state index in [2.05, 4.69) is 123 Å². The van der Waals surface area contributed by atoms with Gasteiger partial charge in [0, 0.05) is 12.8 Å². The van der Waals surface area contributed by atoms with Gasteiger partial charge in [0.25, 0.3) is 0 Å². The number of carbonyl (C=O) groups is 2. The minimum Gasteiger partial charge on any atom is -0.456 e. The van der Waals surface area contributed by atoms with E-state index in [0.29, 0.717) is 23.9 Å². The summed E-state index contributed by atoms with van der Waals surface area (Å²) in [5.74, 6) is -0.545. The Morgan fingerprint density at radius 2 is 0.842 bits per heavy atom. The smallest absolute Gasteiger partial charge is 0.456 e. The molecule has 0 saturated carbocycles. The van der Waals surface area contributed by atoms with Gasteiger partial charge in [0.05, 0.1) is 33.8 Å². The van der Waals surface area contributed by atoms with Gasteiger partial charge in [-0.2, -0.15) is 0 Å². The van der Waals surface area contributed by atoms with Crippen LogP contribution in [0.25, 0.3) is 0 Å². The maximum Gasteiger partial charge on any atom is 0.472 e. The van der Waals surface area contributed by atoms with Crippen LogP contribution < -0.4 is 5.32 Å². The lowest BCUT2D eigenvalue weighted by molar-refractivity contribution is -0.870. The van der Waals surface area contributed by atoms with Crippen molar-refractivity contribution in [2.75, 3.05) is 40.9 Å². The minimum atomic E-state index is -4.46. The number of allylic oxidation sites excluding steroid dienone is 17. The number of esters is 1. The van der Waals surface area contributed by atoms with E-state index in [9.17, 15) is 19.0 Å². The molecule has 0 aromatic carbocycles. The standard InChI is InChI=1S/C66H115N2O7P/c1-7-10-13-16-19-22-25-27-29-30-31-32-33-34-35-36-37-38-39-40-43-46-49-52-55-58-65(69)67-63(62-74-76(71,72)73-61-60-68(4,5)6)64(57-54-51-48-45-42-24-21-18-15-12-9-3)75-66(70)59-56-53-50-47-44-41-28-26-23-20-17-14-11-8-2/h10-11,13-14,19-20,22-23,27-29,31-32,34-35,41,54,57,63-64H,7-9,12,15-18,21,24-26,30,33,36-40,42-53,55-56,58-62H2,1-6H3,(H-,67,69,71,72)/p+1/b13-10-,14-11+,22-19-,23-20+,29-27-,32-31-,35-34-,41-28+,57-54-. The van der Waals surface area contributed by atoms with Crippen LogP contribution in [0.2, 0.25) is 0 Å². The first-order chi connectivity index (χ1) is 36.9. The van der Waals surface area contributed by atoms with Crippen LogP contribution in [0.3, 0.4) is 0 Å². The summed E-state index contributed by atoms with van der Waals surface area (Å²) in [6, 6.07) is -0.867. The highest BCUT2D eigenvalue weighted by Crippen LogP contribution is 2.43. The first-order valence-corrected chi connectivity index (χ1v) is 32.2. The molecule has 9 nitrogen and oxygen atoms in total. The van der Waals surface area contributed by atoms with Gasteiger partial charge < -0.3 is 19.4 Å². The lowest BCUT2D eigenvalue weighted by atomic mass is 10.0. The molecule has 436 valence electrons. The molecule has 0 aliphatic rings. The van der Waals surface area contributed by atoms with E-state index in [0.717, 1.165) is 128 Å². The summed E-state index contributed by atoms with van der Waals surface area (Å²) in [5.41, 5.74) is 0. The minimum absolute atomic E-state index is 0.0298. The third-order valence-electron chi connectivity index (χ3n) is 13.0. The van der Waals surface area contributed by atoms with Crippen molar-refractivity contribution >= 4 is 19.7 Å². The van der Waals surface area contributed by atoms with E-state index in [1.54, 1.807) is 0 Å². The molecule has 0 bridgehead atoms. The van der Waals surface area contributed by atoms with E-state index >= 15 is 0 Å². The fourth-order valence-corrected chi connectivity index (χ4v) is 9.01. The average Bonchev–Trinajstić information content (AvgIpc) is 3.38. The fourth-order valence-electron chi connectivity index (χ4n) is 8.27.